The Labute approximate surface area is 98.5 Å². The molecule has 6 heteroatoms. The molecule has 0 bridgehead atoms. The van der Waals surface area contributed by atoms with Crippen LogP contribution >= 0.6 is 11.6 Å². The van der Waals surface area contributed by atoms with E-state index in [0.29, 0.717) is 6.42 Å². The molecule has 1 aromatic rings. The molecule has 0 N–H and O–H groups in total. The van der Waals surface area contributed by atoms with Crippen molar-refractivity contribution in [3.8, 4) is 5.88 Å². The van der Waals surface area contributed by atoms with E-state index in [4.69, 9.17) is 16.3 Å². The first-order chi connectivity index (χ1) is 7.51. The molecule has 1 saturated carbocycles. The smallest absolute Gasteiger partial charge is 0.234 e. The van der Waals surface area contributed by atoms with Crippen LogP contribution in [-0.2, 0) is 9.84 Å². The third-order valence-electron chi connectivity index (χ3n) is 3.07. The van der Waals surface area contributed by atoms with Gasteiger partial charge < -0.3 is 4.74 Å². The number of sulfone groups is 1. The highest BCUT2D eigenvalue weighted by atomic mass is 35.5. The Morgan fingerprint density at radius 2 is 2.06 bits per heavy atom. The molecule has 0 saturated heterocycles. The molecule has 0 aromatic carbocycles. The van der Waals surface area contributed by atoms with Gasteiger partial charge in [-0.05, 0) is 25.0 Å². The van der Waals surface area contributed by atoms with Crippen LogP contribution in [0, 0.1) is 0 Å². The predicted octanol–water partition coefficient (Wildman–Crippen LogP) is 1.82. The van der Waals surface area contributed by atoms with Crippen LogP contribution in [0.4, 0.5) is 0 Å². The van der Waals surface area contributed by atoms with E-state index in [1.165, 1.54) is 12.1 Å². The van der Waals surface area contributed by atoms with Gasteiger partial charge >= 0.3 is 0 Å². The molecule has 0 unspecified atom stereocenters. The second-order valence-electron chi connectivity index (χ2n) is 4.29. The number of fused-ring (bicyclic) bond motifs is 1. The average Bonchev–Trinajstić information content (AvgIpc) is 2.96. The Balaban J connectivity index is 2.18. The third-order valence-corrected chi connectivity index (χ3v) is 5.01. The Kier molecular flexibility index (Phi) is 2.01. The summed E-state index contributed by atoms with van der Waals surface area (Å²) in [6.45, 7) is 0. The molecule has 1 aromatic heterocycles. The Morgan fingerprint density at radius 1 is 1.31 bits per heavy atom. The second-order valence-corrected chi connectivity index (χ2v) is 6.76. The van der Waals surface area contributed by atoms with Gasteiger partial charge in [-0.2, -0.15) is 0 Å². The van der Waals surface area contributed by atoms with E-state index in [0.717, 1.165) is 12.8 Å². The monoisotopic (exact) mass is 259 g/mol. The van der Waals surface area contributed by atoms with E-state index >= 15 is 0 Å². The first kappa shape index (κ1) is 10.4. The largest absolute Gasteiger partial charge is 0.470 e. The van der Waals surface area contributed by atoms with Crippen molar-refractivity contribution in [2.75, 3.05) is 5.75 Å². The molecule has 2 aliphatic rings. The van der Waals surface area contributed by atoms with Crippen molar-refractivity contribution >= 4 is 21.4 Å². The van der Waals surface area contributed by atoms with E-state index in [1.807, 2.05) is 0 Å². The van der Waals surface area contributed by atoms with Gasteiger partial charge in [-0.25, -0.2) is 13.4 Å². The molecule has 86 valence electrons. The van der Waals surface area contributed by atoms with Gasteiger partial charge in [0.1, 0.15) is 15.6 Å². The molecule has 3 rings (SSSR count). The van der Waals surface area contributed by atoms with Crippen molar-refractivity contribution in [3.63, 3.8) is 0 Å². The van der Waals surface area contributed by atoms with E-state index in [9.17, 15) is 8.42 Å². The second kappa shape index (κ2) is 3.11. The fourth-order valence-corrected chi connectivity index (χ4v) is 3.52. The van der Waals surface area contributed by atoms with E-state index in [2.05, 4.69) is 4.98 Å². The minimum absolute atomic E-state index is 0.128. The molecule has 1 aliphatic heterocycles. The molecule has 0 radical (unpaired) electrons. The summed E-state index contributed by atoms with van der Waals surface area (Å²) in [5.41, 5.74) is -0.296. The Morgan fingerprint density at radius 3 is 2.75 bits per heavy atom. The minimum atomic E-state index is -3.27. The summed E-state index contributed by atoms with van der Waals surface area (Å²) in [6, 6.07) is 2.95. The minimum Gasteiger partial charge on any atom is -0.470 e. The summed E-state index contributed by atoms with van der Waals surface area (Å²) < 4.78 is 29.6. The van der Waals surface area contributed by atoms with Gasteiger partial charge in [0, 0.05) is 6.42 Å². The Bertz CT molecular complexity index is 551. The lowest BCUT2D eigenvalue weighted by Crippen LogP contribution is -2.18. The number of ether oxygens (including phenoxy) is 1. The highest BCUT2D eigenvalue weighted by molar-refractivity contribution is 7.91. The number of rotatable bonds is 0. The van der Waals surface area contributed by atoms with Crippen LogP contribution in [0.15, 0.2) is 17.0 Å². The van der Waals surface area contributed by atoms with Crippen LogP contribution in [0.25, 0.3) is 0 Å². The zero-order chi connectivity index (χ0) is 11.4. The topological polar surface area (TPSA) is 56.3 Å². The molecule has 4 nitrogen and oxygen atoms in total. The average molecular weight is 260 g/mol. The molecule has 1 aliphatic carbocycles. The summed E-state index contributed by atoms with van der Waals surface area (Å²) >= 11 is 5.75. The highest BCUT2D eigenvalue weighted by Crippen LogP contribution is 2.47. The lowest BCUT2D eigenvalue weighted by Gasteiger charge is -2.13. The van der Waals surface area contributed by atoms with Crippen molar-refractivity contribution in [2.24, 2.45) is 0 Å². The van der Waals surface area contributed by atoms with Gasteiger partial charge in [0.15, 0.2) is 9.84 Å². The number of hydrogen-bond acceptors (Lipinski definition) is 4. The summed E-state index contributed by atoms with van der Waals surface area (Å²) in [5.74, 6) is 0.297. The van der Waals surface area contributed by atoms with Crippen LogP contribution in [0.3, 0.4) is 0 Å². The van der Waals surface area contributed by atoms with Gasteiger partial charge in [-0.1, -0.05) is 11.6 Å². The van der Waals surface area contributed by atoms with Crippen LogP contribution in [0.5, 0.6) is 5.88 Å². The number of aromatic nitrogens is 1. The van der Waals surface area contributed by atoms with Crippen molar-refractivity contribution in [3.05, 3.63) is 17.3 Å². The highest BCUT2D eigenvalue weighted by Gasteiger charge is 2.49. The van der Waals surface area contributed by atoms with E-state index < -0.39 is 9.84 Å². The normalized spacial score (nSPS) is 24.3. The molecule has 1 fully saturated rings. The number of halogens is 1. The van der Waals surface area contributed by atoms with Gasteiger partial charge in [-0.3, -0.25) is 0 Å². The fourth-order valence-electron chi connectivity index (χ4n) is 1.89. The van der Waals surface area contributed by atoms with Gasteiger partial charge in [0.05, 0.1) is 5.75 Å². The third kappa shape index (κ3) is 1.58. The maximum atomic E-state index is 12.0. The zero-order valence-electron chi connectivity index (χ0n) is 8.44. The molecule has 2 heterocycles. The Hall–Kier alpha value is -0.810. The lowest BCUT2D eigenvalue weighted by molar-refractivity contribution is 0.165. The molecular weight excluding hydrogens is 250 g/mol. The first-order valence-corrected chi connectivity index (χ1v) is 7.12. The maximum absolute atomic E-state index is 12.0. The molecular formula is C10H10ClNO3S. The number of hydrogen-bond donors (Lipinski definition) is 0. The van der Waals surface area contributed by atoms with Crippen molar-refractivity contribution < 1.29 is 13.2 Å². The molecule has 1 spiro atoms. The lowest BCUT2D eigenvalue weighted by atomic mass is 10.2. The summed E-state index contributed by atoms with van der Waals surface area (Å²) in [6.07, 6.45) is 2.34. The van der Waals surface area contributed by atoms with Crippen molar-refractivity contribution in [1.29, 1.82) is 0 Å². The van der Waals surface area contributed by atoms with E-state index in [-0.39, 0.29) is 27.3 Å². The van der Waals surface area contributed by atoms with Crippen LogP contribution in [-0.4, -0.2) is 24.8 Å². The fraction of sp³-hybridized carbons (Fsp3) is 0.500. The zero-order valence-corrected chi connectivity index (χ0v) is 10.0. The van der Waals surface area contributed by atoms with Gasteiger partial charge in [0.2, 0.25) is 5.88 Å². The predicted molar refractivity (Wildman–Crippen MR) is 58.5 cm³/mol. The standard InChI is InChI=1S/C10H10ClNO3S/c11-8-2-1-7-9(12-8)15-10(3-4-10)5-6-16(7,13)14/h1-2H,3-6H2. The van der Waals surface area contributed by atoms with Crippen molar-refractivity contribution in [1.82, 2.24) is 4.98 Å². The SMILES string of the molecule is O=S1(=O)CCC2(CC2)Oc2nc(Cl)ccc21. The van der Waals surface area contributed by atoms with Crippen LogP contribution in [0.2, 0.25) is 5.15 Å². The number of pyridine rings is 1. The molecule has 0 atom stereocenters. The van der Waals surface area contributed by atoms with E-state index in [1.54, 1.807) is 0 Å². The summed E-state index contributed by atoms with van der Waals surface area (Å²) in [7, 11) is -3.27. The van der Waals surface area contributed by atoms with Crippen LogP contribution < -0.4 is 4.74 Å². The first-order valence-electron chi connectivity index (χ1n) is 5.09. The number of nitrogens with zero attached hydrogens (tertiary/aromatic N) is 1. The molecule has 0 amide bonds. The maximum Gasteiger partial charge on any atom is 0.234 e. The molecule has 16 heavy (non-hydrogen) atoms. The van der Waals surface area contributed by atoms with Gasteiger partial charge in [0.25, 0.3) is 0 Å². The van der Waals surface area contributed by atoms with Crippen LogP contribution in [0.1, 0.15) is 19.3 Å². The van der Waals surface area contributed by atoms with Crippen molar-refractivity contribution in [2.45, 2.75) is 29.8 Å². The quantitative estimate of drug-likeness (QED) is 0.667. The summed E-state index contributed by atoms with van der Waals surface area (Å²) in [5, 5.41) is 0.256. The summed E-state index contributed by atoms with van der Waals surface area (Å²) in [4.78, 5) is 4.14. The van der Waals surface area contributed by atoms with Gasteiger partial charge in [-0.15, -0.1) is 0 Å².